The van der Waals surface area contributed by atoms with Gasteiger partial charge in [-0.3, -0.25) is 4.79 Å². The Kier molecular flexibility index (Phi) is 2.71. The lowest BCUT2D eigenvalue weighted by molar-refractivity contribution is 0.0689. The molecule has 1 aromatic heterocycles. The van der Waals surface area contributed by atoms with Crippen molar-refractivity contribution in [1.82, 2.24) is 9.97 Å². The molecule has 3 rings (SSSR count). The van der Waals surface area contributed by atoms with Crippen LogP contribution in [0.2, 0.25) is 5.28 Å². The maximum atomic E-state index is 11.3. The van der Waals surface area contributed by atoms with Crippen molar-refractivity contribution in [2.75, 3.05) is 31.3 Å². The number of hydrogen-bond donors (Lipinski definition) is 1. The van der Waals surface area contributed by atoms with Gasteiger partial charge in [-0.15, -0.1) is 0 Å². The smallest absolute Gasteiger partial charge is 0.271 e. The molecule has 8 heteroatoms. The minimum absolute atomic E-state index is 0.0155. The fraction of sp³-hybridized carbons (Fsp3) is 0.500. The lowest BCUT2D eigenvalue weighted by atomic mass is 10.2. The van der Waals surface area contributed by atoms with Crippen LogP contribution in [0.25, 0.3) is 0 Å². The largest absolute Gasteiger partial charge is 0.485 e. The monoisotopic (exact) mass is 270 g/mol. The highest BCUT2D eigenvalue weighted by atomic mass is 35.5. The van der Waals surface area contributed by atoms with E-state index >= 15 is 0 Å². The van der Waals surface area contributed by atoms with Gasteiger partial charge in [-0.2, -0.15) is 4.98 Å². The van der Waals surface area contributed by atoms with E-state index in [1.165, 1.54) is 0 Å². The number of halogens is 1. The van der Waals surface area contributed by atoms with E-state index in [4.69, 9.17) is 26.8 Å². The highest BCUT2D eigenvalue weighted by molar-refractivity contribution is 6.28. The van der Waals surface area contributed by atoms with Gasteiger partial charge in [0.05, 0.1) is 19.3 Å². The van der Waals surface area contributed by atoms with E-state index in [0.717, 1.165) is 0 Å². The number of morpholine rings is 1. The summed E-state index contributed by atoms with van der Waals surface area (Å²) in [4.78, 5) is 21.3. The minimum Gasteiger partial charge on any atom is -0.485 e. The number of anilines is 1. The van der Waals surface area contributed by atoms with Crippen molar-refractivity contribution in [3.63, 3.8) is 0 Å². The molecule has 0 aromatic carbocycles. The number of primary amides is 1. The molecule has 1 fully saturated rings. The molecule has 1 saturated heterocycles. The lowest BCUT2D eigenvalue weighted by Crippen LogP contribution is -2.51. The molecular weight excluding hydrogens is 260 g/mol. The molecule has 0 radical (unpaired) electrons. The molecule has 2 aliphatic rings. The molecular formula is C10H11ClN4O3. The van der Waals surface area contributed by atoms with Crippen molar-refractivity contribution in [2.24, 2.45) is 5.73 Å². The zero-order chi connectivity index (χ0) is 12.7. The number of nitrogens with zero attached hydrogens (tertiary/aromatic N) is 3. The molecule has 1 atom stereocenters. The highest BCUT2D eigenvalue weighted by Gasteiger charge is 2.34. The second kappa shape index (κ2) is 4.25. The summed E-state index contributed by atoms with van der Waals surface area (Å²) in [6.07, 6.45) is 0. The quantitative estimate of drug-likeness (QED) is 0.713. The maximum absolute atomic E-state index is 11.3. The molecule has 2 aliphatic heterocycles. The van der Waals surface area contributed by atoms with Gasteiger partial charge >= 0.3 is 0 Å². The van der Waals surface area contributed by atoms with Crippen LogP contribution in [0.4, 0.5) is 5.82 Å². The second-order valence-electron chi connectivity index (χ2n) is 4.09. The predicted molar refractivity (Wildman–Crippen MR) is 63.0 cm³/mol. The number of hydrogen-bond acceptors (Lipinski definition) is 6. The van der Waals surface area contributed by atoms with Gasteiger partial charge in [0, 0.05) is 6.54 Å². The number of nitrogens with two attached hydrogens (primary N) is 1. The number of rotatable bonds is 1. The number of carbonyl (C=O) groups excluding carboxylic acids is 1. The van der Waals surface area contributed by atoms with E-state index in [1.54, 1.807) is 0 Å². The van der Waals surface area contributed by atoms with Gasteiger partial charge in [-0.1, -0.05) is 0 Å². The standard InChI is InChI=1S/C10H11ClN4O3/c11-10-13-6(8(12)16)7-9(14-10)15-1-2-17-3-5(15)4-18-7/h5H,1-4H2,(H2,12,16). The van der Waals surface area contributed by atoms with Crippen molar-refractivity contribution in [3.05, 3.63) is 11.0 Å². The fourth-order valence-corrected chi connectivity index (χ4v) is 2.32. The lowest BCUT2D eigenvalue weighted by Gasteiger charge is -2.40. The number of fused-ring (bicyclic) bond motifs is 3. The van der Waals surface area contributed by atoms with Crippen molar-refractivity contribution in [3.8, 4) is 5.75 Å². The first-order valence-corrected chi connectivity index (χ1v) is 5.89. The molecule has 0 aliphatic carbocycles. The van der Waals surface area contributed by atoms with Crippen LogP contribution in [0, 0.1) is 0 Å². The van der Waals surface area contributed by atoms with Crippen LogP contribution in [0.5, 0.6) is 5.75 Å². The van der Waals surface area contributed by atoms with Crippen molar-refractivity contribution in [2.45, 2.75) is 6.04 Å². The van der Waals surface area contributed by atoms with Gasteiger partial charge in [-0.05, 0) is 11.6 Å². The van der Waals surface area contributed by atoms with Crippen LogP contribution >= 0.6 is 11.6 Å². The summed E-state index contributed by atoms with van der Waals surface area (Å²) in [7, 11) is 0. The van der Waals surface area contributed by atoms with Gasteiger partial charge in [0.15, 0.2) is 17.3 Å². The van der Waals surface area contributed by atoms with Gasteiger partial charge in [0.1, 0.15) is 6.61 Å². The molecule has 1 unspecified atom stereocenters. The first kappa shape index (κ1) is 11.5. The van der Waals surface area contributed by atoms with Crippen molar-refractivity contribution >= 4 is 23.3 Å². The van der Waals surface area contributed by atoms with Gasteiger partial charge < -0.3 is 20.1 Å². The van der Waals surface area contributed by atoms with E-state index in [9.17, 15) is 4.79 Å². The Labute approximate surface area is 108 Å². The zero-order valence-electron chi connectivity index (χ0n) is 9.43. The average molecular weight is 271 g/mol. The number of amides is 1. The first-order valence-electron chi connectivity index (χ1n) is 5.51. The molecule has 3 heterocycles. The Hall–Kier alpha value is -1.60. The molecule has 0 saturated carbocycles. The van der Waals surface area contributed by atoms with E-state index in [-0.39, 0.29) is 17.0 Å². The van der Waals surface area contributed by atoms with Crippen LogP contribution in [0.1, 0.15) is 10.5 Å². The number of aromatic nitrogens is 2. The molecule has 0 bridgehead atoms. The first-order chi connectivity index (χ1) is 8.66. The molecule has 2 N–H and O–H groups in total. The van der Waals surface area contributed by atoms with Gasteiger partial charge in [0.25, 0.3) is 5.91 Å². The normalized spacial score (nSPS) is 21.8. The maximum Gasteiger partial charge on any atom is 0.271 e. The Morgan fingerprint density at radius 1 is 1.44 bits per heavy atom. The van der Waals surface area contributed by atoms with E-state index in [2.05, 4.69) is 9.97 Å². The van der Waals surface area contributed by atoms with Crippen LogP contribution in [0.3, 0.4) is 0 Å². The molecule has 7 nitrogen and oxygen atoms in total. The van der Waals surface area contributed by atoms with Gasteiger partial charge in [-0.25, -0.2) is 4.98 Å². The Morgan fingerprint density at radius 3 is 3.06 bits per heavy atom. The summed E-state index contributed by atoms with van der Waals surface area (Å²) in [5.41, 5.74) is 5.29. The van der Waals surface area contributed by atoms with Crippen LogP contribution in [-0.2, 0) is 4.74 Å². The van der Waals surface area contributed by atoms with Crippen molar-refractivity contribution in [1.29, 1.82) is 0 Å². The number of carbonyl (C=O) groups is 1. The summed E-state index contributed by atoms with van der Waals surface area (Å²) in [6.45, 7) is 2.25. The van der Waals surface area contributed by atoms with E-state index < -0.39 is 5.91 Å². The highest BCUT2D eigenvalue weighted by Crippen LogP contribution is 2.36. The summed E-state index contributed by atoms with van der Waals surface area (Å²) in [5.74, 6) is 0.149. The molecule has 0 spiro atoms. The van der Waals surface area contributed by atoms with E-state index in [0.29, 0.717) is 37.9 Å². The summed E-state index contributed by atoms with van der Waals surface area (Å²) in [6, 6.07) is 0.0814. The minimum atomic E-state index is -0.678. The fourth-order valence-electron chi connectivity index (χ4n) is 2.16. The third-order valence-corrected chi connectivity index (χ3v) is 3.14. The van der Waals surface area contributed by atoms with Gasteiger partial charge in [0.2, 0.25) is 5.28 Å². The van der Waals surface area contributed by atoms with Crippen LogP contribution in [-0.4, -0.2) is 48.3 Å². The molecule has 1 amide bonds. The zero-order valence-corrected chi connectivity index (χ0v) is 10.2. The summed E-state index contributed by atoms with van der Waals surface area (Å²) < 4.78 is 10.9. The van der Waals surface area contributed by atoms with Crippen LogP contribution < -0.4 is 15.4 Å². The topological polar surface area (TPSA) is 90.6 Å². The average Bonchev–Trinajstić information content (AvgIpc) is 2.37. The molecule has 1 aromatic rings. The Balaban J connectivity index is 2.10. The third-order valence-electron chi connectivity index (χ3n) is 2.97. The second-order valence-corrected chi connectivity index (χ2v) is 4.43. The predicted octanol–water partition coefficient (Wildman–Crippen LogP) is -0.174. The third kappa shape index (κ3) is 1.75. The number of ether oxygens (including phenoxy) is 2. The summed E-state index contributed by atoms with van der Waals surface area (Å²) in [5, 5.41) is -0.0155. The summed E-state index contributed by atoms with van der Waals surface area (Å²) >= 11 is 5.81. The Morgan fingerprint density at radius 2 is 2.28 bits per heavy atom. The van der Waals surface area contributed by atoms with E-state index in [1.807, 2.05) is 4.90 Å². The van der Waals surface area contributed by atoms with Crippen molar-refractivity contribution < 1.29 is 14.3 Å². The molecule has 96 valence electrons. The SMILES string of the molecule is NC(=O)c1nc(Cl)nc2c1OCC1COCCN21. The molecule has 18 heavy (non-hydrogen) atoms. The van der Waals surface area contributed by atoms with Crippen LogP contribution in [0.15, 0.2) is 0 Å². The Bertz CT molecular complexity index is 510.